The lowest BCUT2D eigenvalue weighted by Gasteiger charge is -2.24. The Labute approximate surface area is 205 Å². The molecule has 0 atom stereocenters. The fourth-order valence-electron chi connectivity index (χ4n) is 3.17. The molecule has 3 aromatic carbocycles. The van der Waals surface area contributed by atoms with E-state index < -0.39 is 28.4 Å². The minimum absolute atomic E-state index is 0.0884. The predicted octanol–water partition coefficient (Wildman–Crippen LogP) is 3.88. The lowest BCUT2D eigenvalue weighted by Crippen LogP contribution is -2.39. The molecule has 1 N–H and O–H groups in total. The molecule has 35 heavy (non-hydrogen) atoms. The molecule has 0 aliphatic rings. The molecular formula is C26H27N3O5S. The summed E-state index contributed by atoms with van der Waals surface area (Å²) >= 11 is 0. The third-order valence-electron chi connectivity index (χ3n) is 5.22. The third-order valence-corrected chi connectivity index (χ3v) is 7.01. The van der Waals surface area contributed by atoms with Crippen LogP contribution in [0.15, 0.2) is 76.7 Å². The summed E-state index contributed by atoms with van der Waals surface area (Å²) in [5.74, 6) is -0.636. The number of rotatable bonds is 8. The Kier molecular flexibility index (Phi) is 8.03. The van der Waals surface area contributed by atoms with E-state index in [9.17, 15) is 18.0 Å². The molecule has 0 saturated carbocycles. The fourth-order valence-corrected chi connectivity index (χ4v) is 4.58. The van der Waals surface area contributed by atoms with Gasteiger partial charge in [-0.15, -0.1) is 0 Å². The number of hydrogen-bond acceptors (Lipinski definition) is 6. The minimum atomic E-state index is -4.01. The maximum atomic E-state index is 13.5. The average molecular weight is 494 g/mol. The number of aryl methyl sites for hydroxylation is 3. The van der Waals surface area contributed by atoms with Crippen LogP contribution in [0.3, 0.4) is 0 Å². The molecule has 1 amide bonds. The van der Waals surface area contributed by atoms with Crippen LogP contribution in [0.25, 0.3) is 0 Å². The Hall–Kier alpha value is -3.98. The number of amides is 1. The normalized spacial score (nSPS) is 11.3. The van der Waals surface area contributed by atoms with Gasteiger partial charge in [-0.1, -0.05) is 23.8 Å². The average Bonchev–Trinajstić information content (AvgIpc) is 2.80. The summed E-state index contributed by atoms with van der Waals surface area (Å²) in [6.45, 7) is 6.53. The number of nitrogens with one attached hydrogen (secondary N) is 1. The quantitative estimate of drug-likeness (QED) is 0.222. The molecule has 0 saturated heterocycles. The maximum Gasteiger partial charge on any atom is 0.308 e. The molecule has 0 aliphatic carbocycles. The molecule has 0 heterocycles. The Morgan fingerprint density at radius 3 is 2.20 bits per heavy atom. The summed E-state index contributed by atoms with van der Waals surface area (Å²) in [7, 11) is -4.01. The highest BCUT2D eigenvalue weighted by Gasteiger charge is 2.27. The van der Waals surface area contributed by atoms with Crippen molar-refractivity contribution in [1.29, 1.82) is 0 Å². The zero-order valence-corrected chi connectivity index (χ0v) is 20.8. The second-order valence-corrected chi connectivity index (χ2v) is 9.91. The number of benzene rings is 3. The summed E-state index contributed by atoms with van der Waals surface area (Å²) in [5.41, 5.74) is 6.25. The number of ether oxygens (including phenoxy) is 1. The molecule has 182 valence electrons. The second-order valence-electron chi connectivity index (χ2n) is 8.05. The van der Waals surface area contributed by atoms with E-state index >= 15 is 0 Å². The van der Waals surface area contributed by atoms with E-state index in [1.165, 1.54) is 25.3 Å². The Balaban J connectivity index is 1.80. The van der Waals surface area contributed by atoms with Crippen molar-refractivity contribution >= 4 is 33.8 Å². The molecule has 9 heteroatoms. The smallest absolute Gasteiger partial charge is 0.308 e. The predicted molar refractivity (Wildman–Crippen MR) is 135 cm³/mol. The van der Waals surface area contributed by atoms with Crippen LogP contribution in [0.5, 0.6) is 5.75 Å². The first-order valence-electron chi connectivity index (χ1n) is 10.8. The van der Waals surface area contributed by atoms with Gasteiger partial charge < -0.3 is 4.74 Å². The summed E-state index contributed by atoms with van der Waals surface area (Å²) < 4.78 is 32.9. The van der Waals surface area contributed by atoms with Crippen molar-refractivity contribution in [3.8, 4) is 5.75 Å². The van der Waals surface area contributed by atoms with Crippen molar-refractivity contribution in [3.63, 3.8) is 0 Å². The first-order valence-corrected chi connectivity index (χ1v) is 12.3. The van der Waals surface area contributed by atoms with Gasteiger partial charge >= 0.3 is 5.97 Å². The summed E-state index contributed by atoms with van der Waals surface area (Å²) in [6, 6.07) is 18.2. The van der Waals surface area contributed by atoms with Crippen LogP contribution in [0.4, 0.5) is 5.69 Å². The van der Waals surface area contributed by atoms with Crippen LogP contribution in [-0.2, 0) is 19.6 Å². The third kappa shape index (κ3) is 6.77. The zero-order valence-electron chi connectivity index (χ0n) is 20.0. The highest BCUT2D eigenvalue weighted by Crippen LogP contribution is 2.26. The summed E-state index contributed by atoms with van der Waals surface area (Å²) in [4.78, 5) is 23.8. The van der Waals surface area contributed by atoms with Crippen LogP contribution in [0.1, 0.15) is 29.2 Å². The molecule has 3 aromatic rings. The minimum Gasteiger partial charge on any atom is -0.427 e. The van der Waals surface area contributed by atoms with Crippen molar-refractivity contribution in [2.45, 2.75) is 32.6 Å². The van der Waals surface area contributed by atoms with Gasteiger partial charge in [-0.2, -0.15) is 5.10 Å². The molecule has 0 radical (unpaired) electrons. The Morgan fingerprint density at radius 2 is 1.60 bits per heavy atom. The monoisotopic (exact) mass is 493 g/mol. The molecule has 0 bridgehead atoms. The molecule has 0 aliphatic heterocycles. The topological polar surface area (TPSA) is 105 Å². The van der Waals surface area contributed by atoms with Crippen molar-refractivity contribution < 1.29 is 22.7 Å². The van der Waals surface area contributed by atoms with Crippen LogP contribution >= 0.6 is 0 Å². The largest absolute Gasteiger partial charge is 0.427 e. The van der Waals surface area contributed by atoms with Gasteiger partial charge in [0.15, 0.2) is 0 Å². The number of hydrazone groups is 1. The first-order chi connectivity index (χ1) is 16.6. The number of anilines is 1. The molecule has 3 rings (SSSR count). The lowest BCUT2D eigenvalue weighted by atomic mass is 10.1. The first kappa shape index (κ1) is 25.6. The second kappa shape index (κ2) is 11.0. The molecule has 0 aromatic heterocycles. The van der Waals surface area contributed by atoms with Gasteiger partial charge in [-0.3, -0.25) is 13.9 Å². The number of esters is 1. The van der Waals surface area contributed by atoms with Crippen LogP contribution in [-0.4, -0.2) is 33.1 Å². The van der Waals surface area contributed by atoms with Gasteiger partial charge in [0.05, 0.1) is 16.8 Å². The van der Waals surface area contributed by atoms with Crippen molar-refractivity contribution in [1.82, 2.24) is 5.43 Å². The number of carbonyl (C=O) groups is 2. The van der Waals surface area contributed by atoms with Crippen molar-refractivity contribution in [2.24, 2.45) is 5.10 Å². The zero-order chi connectivity index (χ0) is 25.6. The van der Waals surface area contributed by atoms with Gasteiger partial charge in [-0.25, -0.2) is 13.8 Å². The van der Waals surface area contributed by atoms with Gasteiger partial charge in [0.1, 0.15) is 12.3 Å². The van der Waals surface area contributed by atoms with Crippen molar-refractivity contribution in [3.05, 3.63) is 89.0 Å². The number of carbonyl (C=O) groups excluding carboxylic acids is 2. The van der Waals surface area contributed by atoms with Gasteiger partial charge in [0.25, 0.3) is 15.9 Å². The highest BCUT2D eigenvalue weighted by molar-refractivity contribution is 7.92. The SMILES string of the molecule is CC(=O)Oc1ccc(/C=N\NC(=O)CN(c2ccc(C)c(C)c2)S(=O)(=O)c2ccc(C)cc2)cc1. The number of sulfonamides is 1. The van der Waals surface area contributed by atoms with E-state index in [0.29, 0.717) is 17.0 Å². The summed E-state index contributed by atoms with van der Waals surface area (Å²) in [6.07, 6.45) is 1.41. The van der Waals surface area contributed by atoms with Crippen molar-refractivity contribution in [2.75, 3.05) is 10.8 Å². The summed E-state index contributed by atoms with van der Waals surface area (Å²) in [5, 5.41) is 3.92. The maximum absolute atomic E-state index is 13.5. The molecule has 8 nitrogen and oxygen atoms in total. The molecular weight excluding hydrogens is 466 g/mol. The van der Waals surface area contributed by atoms with E-state index in [1.807, 2.05) is 26.8 Å². The fraction of sp³-hybridized carbons (Fsp3) is 0.192. The molecule has 0 fully saturated rings. The Morgan fingerprint density at radius 1 is 0.943 bits per heavy atom. The van der Waals surface area contributed by atoms with Gasteiger partial charge in [-0.05, 0) is 86.0 Å². The lowest BCUT2D eigenvalue weighted by molar-refractivity contribution is -0.131. The van der Waals surface area contributed by atoms with E-state index in [-0.39, 0.29) is 4.90 Å². The van der Waals surface area contributed by atoms with Crippen LogP contribution in [0.2, 0.25) is 0 Å². The van der Waals surface area contributed by atoms with Crippen LogP contribution in [0, 0.1) is 20.8 Å². The Bertz CT molecular complexity index is 1350. The van der Waals surface area contributed by atoms with Gasteiger partial charge in [0, 0.05) is 6.92 Å². The number of hydrogen-bond donors (Lipinski definition) is 1. The van der Waals surface area contributed by atoms with E-state index in [2.05, 4.69) is 10.5 Å². The highest BCUT2D eigenvalue weighted by atomic mass is 32.2. The molecule has 0 unspecified atom stereocenters. The standard InChI is InChI=1S/C26H27N3O5S/c1-18-5-13-25(14-6-18)35(32,33)29(23-10-7-19(2)20(3)15-23)17-26(31)28-27-16-22-8-11-24(12-9-22)34-21(4)30/h5-16H,17H2,1-4H3,(H,28,31)/b27-16-. The van der Waals surface area contributed by atoms with Crippen LogP contribution < -0.4 is 14.5 Å². The van der Waals surface area contributed by atoms with E-state index in [4.69, 9.17) is 4.74 Å². The number of nitrogens with zero attached hydrogens (tertiary/aromatic N) is 2. The van der Waals surface area contributed by atoms with Gasteiger partial charge in [0.2, 0.25) is 0 Å². The van der Waals surface area contributed by atoms with E-state index in [1.54, 1.807) is 48.5 Å². The molecule has 0 spiro atoms. The van der Waals surface area contributed by atoms with E-state index in [0.717, 1.165) is 21.0 Å².